The number of nitrogens with zero attached hydrogens (tertiary/aromatic N) is 3. The van der Waals surface area contributed by atoms with E-state index in [1.807, 2.05) is 12.1 Å². The molecular weight excluding hydrogens is 594 g/mol. The third kappa shape index (κ3) is 5.98. The molecule has 2 aromatic carbocycles. The molecule has 4 rings (SSSR count). The van der Waals surface area contributed by atoms with Gasteiger partial charge < -0.3 is 14.2 Å². The fourth-order valence-electron chi connectivity index (χ4n) is 4.32. The highest BCUT2D eigenvalue weighted by Crippen LogP contribution is 2.36. The van der Waals surface area contributed by atoms with Crippen LogP contribution in [0.15, 0.2) is 49.2 Å². The van der Waals surface area contributed by atoms with Gasteiger partial charge in [0.25, 0.3) is 5.56 Å². The molecule has 0 atom stereocenters. The highest BCUT2D eigenvalue weighted by molar-refractivity contribution is 9.10. The van der Waals surface area contributed by atoms with Crippen LogP contribution in [0.4, 0.5) is 0 Å². The molecule has 0 bridgehead atoms. The molecule has 0 saturated heterocycles. The quantitative estimate of drug-likeness (QED) is 0.233. The van der Waals surface area contributed by atoms with Crippen molar-refractivity contribution in [2.24, 2.45) is 5.10 Å². The van der Waals surface area contributed by atoms with Crippen LogP contribution >= 0.6 is 31.9 Å². The van der Waals surface area contributed by atoms with E-state index in [1.165, 1.54) is 18.2 Å². The second-order valence-electron chi connectivity index (χ2n) is 8.46. The van der Waals surface area contributed by atoms with E-state index in [2.05, 4.69) is 37.0 Å². The fourth-order valence-corrected chi connectivity index (χ4v) is 5.25. The van der Waals surface area contributed by atoms with Crippen LogP contribution in [0.3, 0.4) is 0 Å². The first-order valence-corrected chi connectivity index (χ1v) is 13.4. The molecule has 0 unspecified atom stereocenters. The van der Waals surface area contributed by atoms with Gasteiger partial charge in [0, 0.05) is 10.4 Å². The zero-order chi connectivity index (χ0) is 25.7. The molecule has 0 radical (unpaired) electrons. The first-order valence-electron chi connectivity index (χ1n) is 11.8. The molecule has 0 aliphatic heterocycles. The standard InChI is InChI=1S/C26H27Br2N3O5/c1-3-35-23(32)15-36-24-20(28)11-16(12-22(24)34-2)14-29-31-25(17-7-5-4-6-8-17)30-21-10-9-18(27)13-19(21)26(31)33/h9-14,17H,3-8,15H2,1-2H3. The summed E-state index contributed by atoms with van der Waals surface area (Å²) in [6, 6.07) is 9.03. The summed E-state index contributed by atoms with van der Waals surface area (Å²) in [6.07, 6.45) is 6.98. The van der Waals surface area contributed by atoms with Gasteiger partial charge >= 0.3 is 5.97 Å². The fraction of sp³-hybridized carbons (Fsp3) is 0.385. The van der Waals surface area contributed by atoms with Crippen LogP contribution in [0.25, 0.3) is 10.9 Å². The number of fused-ring (bicyclic) bond motifs is 1. The lowest BCUT2D eigenvalue weighted by atomic mass is 9.88. The average molecular weight is 621 g/mol. The summed E-state index contributed by atoms with van der Waals surface area (Å²) in [6.45, 7) is 1.77. The molecule has 1 aliphatic rings. The number of hydrogen-bond donors (Lipinski definition) is 0. The van der Waals surface area contributed by atoms with Gasteiger partial charge in [-0.15, -0.1) is 0 Å². The summed E-state index contributed by atoms with van der Waals surface area (Å²) in [5, 5.41) is 5.09. The third-order valence-corrected chi connectivity index (χ3v) is 7.10. The van der Waals surface area contributed by atoms with Crippen molar-refractivity contribution >= 4 is 54.9 Å². The summed E-state index contributed by atoms with van der Waals surface area (Å²) in [5.74, 6) is 1.18. The van der Waals surface area contributed by atoms with Gasteiger partial charge in [0.2, 0.25) is 0 Å². The first kappa shape index (κ1) is 26.3. The summed E-state index contributed by atoms with van der Waals surface area (Å²) in [4.78, 5) is 30.1. The van der Waals surface area contributed by atoms with Crippen LogP contribution in [-0.2, 0) is 9.53 Å². The van der Waals surface area contributed by atoms with E-state index in [0.717, 1.165) is 30.2 Å². The van der Waals surface area contributed by atoms with Gasteiger partial charge in [0.05, 0.1) is 35.3 Å². The molecule has 1 aromatic heterocycles. The summed E-state index contributed by atoms with van der Waals surface area (Å²) in [5.41, 5.74) is 1.14. The van der Waals surface area contributed by atoms with Crippen molar-refractivity contribution in [1.82, 2.24) is 9.66 Å². The molecule has 1 saturated carbocycles. The van der Waals surface area contributed by atoms with Crippen molar-refractivity contribution in [3.8, 4) is 11.5 Å². The molecule has 1 fully saturated rings. The SMILES string of the molecule is CCOC(=O)COc1c(Br)cc(C=Nn2c(C3CCCCC3)nc3ccc(Br)cc3c2=O)cc1OC. The molecule has 10 heteroatoms. The zero-order valence-electron chi connectivity index (χ0n) is 20.1. The molecule has 0 N–H and O–H groups in total. The maximum atomic E-state index is 13.5. The molecule has 1 aliphatic carbocycles. The number of carbonyl (C=O) groups is 1. The minimum absolute atomic E-state index is 0.177. The number of hydrogen-bond acceptors (Lipinski definition) is 7. The molecule has 8 nitrogen and oxygen atoms in total. The predicted molar refractivity (Wildman–Crippen MR) is 145 cm³/mol. The van der Waals surface area contributed by atoms with Gasteiger partial charge in [0.15, 0.2) is 18.1 Å². The number of esters is 1. The highest BCUT2D eigenvalue weighted by atomic mass is 79.9. The Bertz CT molecular complexity index is 1350. The van der Waals surface area contributed by atoms with Crippen molar-refractivity contribution in [2.45, 2.75) is 44.9 Å². The van der Waals surface area contributed by atoms with Crippen LogP contribution in [0.2, 0.25) is 0 Å². The molecule has 0 amide bonds. The maximum absolute atomic E-state index is 13.5. The van der Waals surface area contributed by atoms with Gasteiger partial charge in [-0.25, -0.2) is 9.78 Å². The predicted octanol–water partition coefficient (Wildman–Crippen LogP) is 5.80. The van der Waals surface area contributed by atoms with E-state index >= 15 is 0 Å². The molecule has 3 aromatic rings. The smallest absolute Gasteiger partial charge is 0.344 e. The van der Waals surface area contributed by atoms with Crippen molar-refractivity contribution in [2.75, 3.05) is 20.3 Å². The molecule has 1 heterocycles. The van der Waals surface area contributed by atoms with E-state index in [0.29, 0.717) is 38.3 Å². The van der Waals surface area contributed by atoms with Gasteiger partial charge in [0.1, 0.15) is 5.82 Å². The number of carbonyl (C=O) groups excluding carboxylic acids is 1. The Hall–Kier alpha value is -2.72. The molecule has 36 heavy (non-hydrogen) atoms. The Morgan fingerprint density at radius 3 is 2.69 bits per heavy atom. The van der Waals surface area contributed by atoms with E-state index in [9.17, 15) is 9.59 Å². The number of halogens is 2. The summed E-state index contributed by atoms with van der Waals surface area (Å²) >= 11 is 6.93. The van der Waals surface area contributed by atoms with Gasteiger partial charge in [-0.05, 0) is 71.6 Å². The number of aromatic nitrogens is 2. The Kier molecular flexibility index (Phi) is 8.79. The van der Waals surface area contributed by atoms with Crippen LogP contribution in [0.5, 0.6) is 11.5 Å². The topological polar surface area (TPSA) is 92.0 Å². The zero-order valence-corrected chi connectivity index (χ0v) is 23.3. The third-order valence-electron chi connectivity index (χ3n) is 6.02. The Morgan fingerprint density at radius 1 is 1.19 bits per heavy atom. The van der Waals surface area contributed by atoms with Crippen molar-refractivity contribution in [3.63, 3.8) is 0 Å². The van der Waals surface area contributed by atoms with E-state index in [-0.39, 0.29) is 24.7 Å². The van der Waals surface area contributed by atoms with Gasteiger partial charge in [-0.3, -0.25) is 4.79 Å². The lowest BCUT2D eigenvalue weighted by molar-refractivity contribution is -0.145. The number of rotatable bonds is 8. The van der Waals surface area contributed by atoms with Crippen molar-refractivity contribution < 1.29 is 19.0 Å². The molecular formula is C26H27Br2N3O5. The lowest BCUT2D eigenvalue weighted by Gasteiger charge is -2.22. The van der Waals surface area contributed by atoms with Crippen LogP contribution in [-0.4, -0.2) is 42.2 Å². The van der Waals surface area contributed by atoms with Crippen LogP contribution in [0, 0.1) is 0 Å². The average Bonchev–Trinajstić information content (AvgIpc) is 2.88. The second kappa shape index (κ2) is 12.0. The van der Waals surface area contributed by atoms with Gasteiger partial charge in [-0.2, -0.15) is 9.78 Å². The van der Waals surface area contributed by atoms with Crippen molar-refractivity contribution in [3.05, 3.63) is 61.0 Å². The minimum Gasteiger partial charge on any atom is -0.493 e. The molecule has 0 spiro atoms. The maximum Gasteiger partial charge on any atom is 0.344 e. The highest BCUT2D eigenvalue weighted by Gasteiger charge is 2.22. The van der Waals surface area contributed by atoms with E-state index < -0.39 is 5.97 Å². The minimum atomic E-state index is -0.470. The summed E-state index contributed by atoms with van der Waals surface area (Å²) < 4.78 is 18.8. The van der Waals surface area contributed by atoms with E-state index in [4.69, 9.17) is 19.2 Å². The van der Waals surface area contributed by atoms with Gasteiger partial charge in [-0.1, -0.05) is 35.2 Å². The summed E-state index contributed by atoms with van der Waals surface area (Å²) in [7, 11) is 1.51. The largest absolute Gasteiger partial charge is 0.493 e. The number of ether oxygens (including phenoxy) is 3. The first-order chi connectivity index (χ1) is 17.4. The lowest BCUT2D eigenvalue weighted by Crippen LogP contribution is -2.25. The second-order valence-corrected chi connectivity index (χ2v) is 10.2. The Morgan fingerprint density at radius 2 is 1.97 bits per heavy atom. The number of benzene rings is 2. The van der Waals surface area contributed by atoms with Crippen molar-refractivity contribution in [1.29, 1.82) is 0 Å². The van der Waals surface area contributed by atoms with Crippen LogP contribution in [0.1, 0.15) is 56.3 Å². The van der Waals surface area contributed by atoms with E-state index in [1.54, 1.807) is 31.3 Å². The monoisotopic (exact) mass is 619 g/mol. The Labute approximate surface area is 225 Å². The molecule has 190 valence electrons. The normalized spacial score (nSPS) is 14.3. The van der Waals surface area contributed by atoms with Crippen LogP contribution < -0.4 is 15.0 Å². The Balaban J connectivity index is 1.72. The number of methoxy groups -OCH3 is 1.